The van der Waals surface area contributed by atoms with Gasteiger partial charge in [0.15, 0.2) is 5.13 Å². The van der Waals surface area contributed by atoms with Gasteiger partial charge in [-0.05, 0) is 31.2 Å². The molecule has 3 nitrogen and oxygen atoms in total. The molecule has 0 unspecified atom stereocenters. The zero-order valence-corrected chi connectivity index (χ0v) is 14.4. The van der Waals surface area contributed by atoms with E-state index in [1.807, 2.05) is 42.6 Å². The first-order valence-electron chi connectivity index (χ1n) is 7.29. The number of halogens is 2. The standard InChI is InChI=1S/C18H14ClFN2OS/c1-12-11-24-18(21-12)22(13-6-3-2-4-7-13)17(23)10-14-15(19)8-5-9-16(14)20/h2-9,11H,10H2,1H3. The van der Waals surface area contributed by atoms with Gasteiger partial charge in [-0.15, -0.1) is 11.3 Å². The Hall–Kier alpha value is -2.24. The first-order chi connectivity index (χ1) is 11.6. The maximum atomic E-state index is 14.0. The number of aromatic nitrogens is 1. The van der Waals surface area contributed by atoms with Crippen molar-refractivity contribution in [3.8, 4) is 0 Å². The molecule has 0 aliphatic heterocycles. The van der Waals surface area contributed by atoms with Crippen molar-refractivity contribution >= 4 is 39.7 Å². The summed E-state index contributed by atoms with van der Waals surface area (Å²) in [6.45, 7) is 1.86. The van der Waals surface area contributed by atoms with Crippen molar-refractivity contribution in [2.45, 2.75) is 13.3 Å². The highest BCUT2D eigenvalue weighted by Gasteiger charge is 2.23. The fraction of sp³-hybridized carbons (Fsp3) is 0.111. The Morgan fingerprint density at radius 3 is 2.58 bits per heavy atom. The lowest BCUT2D eigenvalue weighted by molar-refractivity contribution is -0.117. The number of hydrogen-bond acceptors (Lipinski definition) is 3. The lowest BCUT2D eigenvalue weighted by Gasteiger charge is -2.20. The minimum Gasteiger partial charge on any atom is -0.274 e. The predicted molar refractivity (Wildman–Crippen MR) is 95.6 cm³/mol. The fourth-order valence-electron chi connectivity index (χ4n) is 2.31. The number of nitrogens with zero attached hydrogens (tertiary/aromatic N) is 2. The normalized spacial score (nSPS) is 10.6. The van der Waals surface area contributed by atoms with Gasteiger partial charge in [-0.1, -0.05) is 35.9 Å². The molecule has 0 aliphatic carbocycles. The van der Waals surface area contributed by atoms with Crippen molar-refractivity contribution < 1.29 is 9.18 Å². The molecule has 3 rings (SSSR count). The summed E-state index contributed by atoms with van der Waals surface area (Å²) in [6.07, 6.45) is -0.140. The average Bonchev–Trinajstić information content (AvgIpc) is 2.98. The molecule has 24 heavy (non-hydrogen) atoms. The molecular formula is C18H14ClFN2OS. The minimum absolute atomic E-state index is 0.140. The number of hydrogen-bond donors (Lipinski definition) is 0. The molecule has 0 atom stereocenters. The largest absolute Gasteiger partial charge is 0.274 e. The molecule has 0 N–H and O–H groups in total. The lowest BCUT2D eigenvalue weighted by Crippen LogP contribution is -2.28. The molecule has 0 spiro atoms. The highest BCUT2D eigenvalue weighted by Crippen LogP contribution is 2.30. The highest BCUT2D eigenvalue weighted by atomic mass is 35.5. The molecule has 0 radical (unpaired) electrons. The lowest BCUT2D eigenvalue weighted by atomic mass is 10.1. The summed E-state index contributed by atoms with van der Waals surface area (Å²) < 4.78 is 14.0. The van der Waals surface area contributed by atoms with E-state index in [9.17, 15) is 9.18 Å². The molecule has 6 heteroatoms. The number of carbonyl (C=O) groups is 1. The van der Waals surface area contributed by atoms with E-state index >= 15 is 0 Å². The Balaban J connectivity index is 1.98. The first-order valence-corrected chi connectivity index (χ1v) is 8.55. The molecule has 1 heterocycles. The average molecular weight is 361 g/mol. The van der Waals surface area contributed by atoms with Gasteiger partial charge in [-0.2, -0.15) is 0 Å². The molecule has 3 aromatic rings. The Morgan fingerprint density at radius 1 is 1.21 bits per heavy atom. The zero-order chi connectivity index (χ0) is 17.1. The van der Waals surface area contributed by atoms with Crippen LogP contribution in [-0.2, 0) is 11.2 Å². The first kappa shape index (κ1) is 16.6. The summed E-state index contributed by atoms with van der Waals surface area (Å²) in [6, 6.07) is 13.6. The van der Waals surface area contributed by atoms with Crippen molar-refractivity contribution in [3.05, 3.63) is 76.0 Å². The summed E-state index contributed by atoms with van der Waals surface area (Å²) >= 11 is 7.42. The SMILES string of the molecule is Cc1csc(N(C(=O)Cc2c(F)cccc2Cl)c2ccccc2)n1. The van der Waals surface area contributed by atoms with Crippen LogP contribution in [0.1, 0.15) is 11.3 Å². The molecule has 0 saturated carbocycles. The molecule has 1 aromatic heterocycles. The van der Waals surface area contributed by atoms with Crippen LogP contribution in [0.25, 0.3) is 0 Å². The number of para-hydroxylation sites is 1. The third kappa shape index (κ3) is 3.47. The number of carbonyl (C=O) groups excluding carboxylic acids is 1. The molecular weight excluding hydrogens is 347 g/mol. The molecule has 0 bridgehead atoms. The van der Waals surface area contributed by atoms with E-state index in [1.54, 1.807) is 6.07 Å². The topological polar surface area (TPSA) is 33.2 Å². The maximum absolute atomic E-state index is 14.0. The van der Waals surface area contributed by atoms with E-state index in [0.29, 0.717) is 10.8 Å². The highest BCUT2D eigenvalue weighted by molar-refractivity contribution is 7.14. The Bertz CT molecular complexity index is 846. The van der Waals surface area contributed by atoms with Gasteiger partial charge in [0, 0.05) is 16.0 Å². The number of aryl methyl sites for hydroxylation is 1. The van der Waals surface area contributed by atoms with E-state index in [2.05, 4.69) is 4.98 Å². The van der Waals surface area contributed by atoms with Crippen molar-refractivity contribution in [1.29, 1.82) is 0 Å². The molecule has 0 saturated heterocycles. The van der Waals surface area contributed by atoms with Gasteiger partial charge in [0.1, 0.15) is 5.82 Å². The summed E-state index contributed by atoms with van der Waals surface area (Å²) in [5, 5.41) is 2.66. The van der Waals surface area contributed by atoms with Gasteiger partial charge in [0.25, 0.3) is 0 Å². The Morgan fingerprint density at radius 2 is 1.96 bits per heavy atom. The summed E-state index contributed by atoms with van der Waals surface area (Å²) in [4.78, 5) is 18.8. The second-order valence-corrected chi connectivity index (χ2v) is 6.46. The Kier molecular flexibility index (Phi) is 4.92. The van der Waals surface area contributed by atoms with Crippen molar-refractivity contribution in [3.63, 3.8) is 0 Å². The number of anilines is 2. The van der Waals surface area contributed by atoms with Gasteiger partial charge in [-0.3, -0.25) is 9.69 Å². The minimum atomic E-state index is -0.487. The third-order valence-corrected chi connectivity index (χ3v) is 4.75. The van der Waals surface area contributed by atoms with Crippen LogP contribution < -0.4 is 4.90 Å². The maximum Gasteiger partial charge on any atom is 0.237 e. The van der Waals surface area contributed by atoms with Crippen LogP contribution in [0.3, 0.4) is 0 Å². The molecule has 1 amide bonds. The Labute approximate surface area is 148 Å². The molecule has 0 aliphatic rings. The quantitative estimate of drug-likeness (QED) is 0.644. The second-order valence-electron chi connectivity index (χ2n) is 5.21. The third-order valence-electron chi connectivity index (χ3n) is 3.45. The van der Waals surface area contributed by atoms with E-state index < -0.39 is 5.82 Å². The van der Waals surface area contributed by atoms with Crippen molar-refractivity contribution in [1.82, 2.24) is 4.98 Å². The number of thiazole rings is 1. The van der Waals surface area contributed by atoms with Crippen LogP contribution in [0.5, 0.6) is 0 Å². The van der Waals surface area contributed by atoms with Crippen molar-refractivity contribution in [2.24, 2.45) is 0 Å². The molecule has 122 valence electrons. The monoisotopic (exact) mass is 360 g/mol. The van der Waals surface area contributed by atoms with E-state index in [-0.39, 0.29) is 22.9 Å². The van der Waals surface area contributed by atoms with Gasteiger partial charge in [0.2, 0.25) is 5.91 Å². The van der Waals surface area contributed by atoms with Crippen LogP contribution >= 0.6 is 22.9 Å². The molecule has 0 fully saturated rings. The van der Waals surface area contributed by atoms with Gasteiger partial charge in [-0.25, -0.2) is 9.37 Å². The number of benzene rings is 2. The number of amides is 1. The van der Waals surface area contributed by atoms with Gasteiger partial charge < -0.3 is 0 Å². The van der Waals surface area contributed by atoms with Crippen LogP contribution in [0.15, 0.2) is 53.9 Å². The number of rotatable bonds is 4. The zero-order valence-electron chi connectivity index (χ0n) is 12.9. The second kappa shape index (κ2) is 7.11. The van der Waals surface area contributed by atoms with Gasteiger partial charge in [0.05, 0.1) is 17.8 Å². The van der Waals surface area contributed by atoms with E-state index in [1.165, 1.54) is 28.4 Å². The van der Waals surface area contributed by atoms with Crippen LogP contribution in [-0.4, -0.2) is 10.9 Å². The van der Waals surface area contributed by atoms with Gasteiger partial charge >= 0.3 is 0 Å². The summed E-state index contributed by atoms with van der Waals surface area (Å²) in [5.41, 5.74) is 1.70. The van der Waals surface area contributed by atoms with E-state index in [4.69, 9.17) is 11.6 Å². The van der Waals surface area contributed by atoms with Crippen LogP contribution in [0, 0.1) is 12.7 Å². The van der Waals surface area contributed by atoms with Crippen LogP contribution in [0.4, 0.5) is 15.2 Å². The smallest absolute Gasteiger partial charge is 0.237 e. The summed E-state index contributed by atoms with van der Waals surface area (Å²) in [5.74, 6) is -0.776. The summed E-state index contributed by atoms with van der Waals surface area (Å²) in [7, 11) is 0. The fourth-order valence-corrected chi connectivity index (χ4v) is 3.38. The predicted octanol–water partition coefficient (Wildman–Crippen LogP) is 5.15. The van der Waals surface area contributed by atoms with Crippen LogP contribution in [0.2, 0.25) is 5.02 Å². The van der Waals surface area contributed by atoms with E-state index in [0.717, 1.165) is 5.69 Å². The van der Waals surface area contributed by atoms with Crippen molar-refractivity contribution in [2.75, 3.05) is 4.90 Å². The molecule has 2 aromatic carbocycles.